The maximum Gasteiger partial charge on any atom is 0.317 e. The van der Waals surface area contributed by atoms with Gasteiger partial charge in [0, 0.05) is 30.3 Å². The van der Waals surface area contributed by atoms with Crippen LogP contribution in [0.15, 0.2) is 36.4 Å². The van der Waals surface area contributed by atoms with Gasteiger partial charge >= 0.3 is 6.03 Å². The summed E-state index contributed by atoms with van der Waals surface area (Å²) < 4.78 is 5.75. The van der Waals surface area contributed by atoms with Gasteiger partial charge in [-0.1, -0.05) is 29.5 Å². The number of carbonyl (C=O) groups excluding carboxylic acids is 1. The monoisotopic (exact) mass is 506 g/mol. The third-order valence-corrected chi connectivity index (χ3v) is 8.03. The number of nitrogens with one attached hydrogen (secondary N) is 1. The Balaban J connectivity index is 1.32. The van der Waals surface area contributed by atoms with Gasteiger partial charge in [0.25, 0.3) is 0 Å². The average molecular weight is 507 g/mol. The molecule has 2 heterocycles. The van der Waals surface area contributed by atoms with Gasteiger partial charge in [-0.2, -0.15) is 0 Å². The van der Waals surface area contributed by atoms with E-state index in [1.807, 2.05) is 43.0 Å². The molecule has 5 rings (SSSR count). The molecule has 0 saturated carbocycles. The molecule has 1 fully saturated rings. The lowest BCUT2D eigenvalue weighted by atomic mass is 10.0. The molecule has 3 aromatic rings. The summed E-state index contributed by atoms with van der Waals surface area (Å²) in [5, 5.41) is 13.9. The van der Waals surface area contributed by atoms with Gasteiger partial charge in [-0.25, -0.2) is 4.79 Å². The Bertz CT molecular complexity index is 1260. The van der Waals surface area contributed by atoms with E-state index in [9.17, 15) is 4.79 Å². The zero-order valence-corrected chi connectivity index (χ0v) is 22.1. The molecule has 1 aliphatic carbocycles. The smallest absolute Gasteiger partial charge is 0.317 e. The highest BCUT2D eigenvalue weighted by Gasteiger charge is 2.32. The Kier molecular flexibility index (Phi) is 6.85. The Morgan fingerprint density at radius 2 is 2.00 bits per heavy atom. The van der Waals surface area contributed by atoms with Crippen molar-refractivity contribution in [2.24, 2.45) is 0 Å². The minimum absolute atomic E-state index is 0.0200. The standard InChI is InChI=1S/C27H34N6O2S/c1-16(2)35-24-11-8-17(14-22(24)28)25-30-31-26(36-25)21-7-5-6-20-19(21)9-10-23(20)29-27(34)33-13-12-18(15-33)32(3)4/h5-8,11,14,16,18,23H,9-10,12-13,15,28H2,1-4H3,(H,29,34)/t18-,23-/m1/s1. The topological polar surface area (TPSA) is 96.6 Å². The molecule has 36 heavy (non-hydrogen) atoms. The number of ether oxygens (including phenoxy) is 1. The van der Waals surface area contributed by atoms with Crippen LogP contribution in [0.1, 0.15) is 43.9 Å². The minimum atomic E-state index is 0.0200. The lowest BCUT2D eigenvalue weighted by Gasteiger charge is -2.23. The van der Waals surface area contributed by atoms with Crippen LogP contribution in [0.25, 0.3) is 21.1 Å². The Labute approximate surface area is 216 Å². The first kappa shape index (κ1) is 24.5. The molecular formula is C27H34N6O2S. The predicted molar refractivity (Wildman–Crippen MR) is 144 cm³/mol. The summed E-state index contributed by atoms with van der Waals surface area (Å²) in [5.41, 5.74) is 11.2. The van der Waals surface area contributed by atoms with Crippen molar-refractivity contribution in [1.29, 1.82) is 0 Å². The maximum atomic E-state index is 13.0. The van der Waals surface area contributed by atoms with Crippen LogP contribution in [-0.2, 0) is 6.42 Å². The average Bonchev–Trinajstić information content (AvgIpc) is 3.60. The zero-order valence-electron chi connectivity index (χ0n) is 21.3. The van der Waals surface area contributed by atoms with Crippen molar-refractivity contribution in [3.05, 3.63) is 47.5 Å². The molecule has 9 heteroatoms. The molecule has 0 radical (unpaired) electrons. The third kappa shape index (κ3) is 4.90. The second-order valence-electron chi connectivity index (χ2n) is 10.1. The van der Waals surface area contributed by atoms with Gasteiger partial charge in [-0.3, -0.25) is 0 Å². The SMILES string of the molecule is CC(C)Oc1ccc(-c2nnc(-c3cccc4c3CC[C@H]4NC(=O)N3CC[C@@H](N(C)C)C3)s2)cc1N. The van der Waals surface area contributed by atoms with Crippen LogP contribution in [0.2, 0.25) is 0 Å². The van der Waals surface area contributed by atoms with Crippen LogP contribution in [0.3, 0.4) is 0 Å². The fourth-order valence-corrected chi connectivity index (χ4v) is 5.98. The van der Waals surface area contributed by atoms with Crippen LogP contribution in [0.4, 0.5) is 10.5 Å². The summed E-state index contributed by atoms with van der Waals surface area (Å²) in [5.74, 6) is 0.679. The Hall–Kier alpha value is -3.17. The van der Waals surface area contributed by atoms with Crippen LogP contribution in [0.5, 0.6) is 5.75 Å². The summed E-state index contributed by atoms with van der Waals surface area (Å²) in [6.07, 6.45) is 2.87. The van der Waals surface area contributed by atoms with E-state index < -0.39 is 0 Å². The normalized spacial score (nSPS) is 19.2. The molecule has 2 aliphatic rings. The van der Waals surface area contributed by atoms with Crippen LogP contribution >= 0.6 is 11.3 Å². The molecule has 3 N–H and O–H groups in total. The molecular weight excluding hydrogens is 472 g/mol. The first-order valence-corrected chi connectivity index (χ1v) is 13.4. The lowest BCUT2D eigenvalue weighted by Crippen LogP contribution is -2.41. The molecule has 1 aromatic heterocycles. The van der Waals surface area contributed by atoms with Gasteiger partial charge < -0.3 is 25.6 Å². The van der Waals surface area contributed by atoms with Crippen molar-refractivity contribution in [2.45, 2.75) is 51.3 Å². The second kappa shape index (κ2) is 10.1. The number of anilines is 1. The Morgan fingerprint density at radius 1 is 1.19 bits per heavy atom. The fourth-order valence-electron chi connectivity index (χ4n) is 5.08. The molecule has 8 nitrogen and oxygen atoms in total. The highest BCUT2D eigenvalue weighted by molar-refractivity contribution is 7.17. The second-order valence-corrected chi connectivity index (χ2v) is 11.1. The fraction of sp³-hybridized carbons (Fsp3) is 0.444. The van der Waals surface area contributed by atoms with Crippen molar-refractivity contribution >= 4 is 23.1 Å². The van der Waals surface area contributed by atoms with Gasteiger partial charge in [0.2, 0.25) is 0 Å². The molecule has 2 amide bonds. The van der Waals surface area contributed by atoms with Gasteiger partial charge in [-0.15, -0.1) is 10.2 Å². The van der Waals surface area contributed by atoms with Gasteiger partial charge in [0.1, 0.15) is 15.8 Å². The molecule has 190 valence electrons. The Morgan fingerprint density at radius 3 is 2.72 bits per heavy atom. The van der Waals surface area contributed by atoms with Crippen molar-refractivity contribution in [1.82, 2.24) is 25.3 Å². The molecule has 2 atom stereocenters. The van der Waals surface area contributed by atoms with Crippen molar-refractivity contribution in [3.63, 3.8) is 0 Å². The van der Waals surface area contributed by atoms with E-state index in [1.165, 1.54) is 11.1 Å². The number of aromatic nitrogens is 2. The minimum Gasteiger partial charge on any atom is -0.489 e. The lowest BCUT2D eigenvalue weighted by molar-refractivity contribution is 0.199. The van der Waals surface area contributed by atoms with Crippen LogP contribution in [0, 0.1) is 0 Å². The number of hydrogen-bond donors (Lipinski definition) is 2. The van der Waals surface area contributed by atoms with Crippen molar-refractivity contribution < 1.29 is 9.53 Å². The van der Waals surface area contributed by atoms with Gasteiger partial charge in [-0.05, 0) is 76.5 Å². The number of likely N-dealkylation sites (N-methyl/N-ethyl adjacent to an activating group) is 1. The van der Waals surface area contributed by atoms with E-state index in [2.05, 4.69) is 46.6 Å². The van der Waals surface area contributed by atoms with E-state index in [0.717, 1.165) is 53.5 Å². The first-order valence-electron chi connectivity index (χ1n) is 12.5. The number of urea groups is 1. The molecule has 1 aliphatic heterocycles. The summed E-state index contributed by atoms with van der Waals surface area (Å²) >= 11 is 1.55. The maximum absolute atomic E-state index is 13.0. The number of likely N-dealkylation sites (tertiary alicyclic amines) is 1. The summed E-state index contributed by atoms with van der Waals surface area (Å²) in [4.78, 5) is 17.1. The number of carbonyl (C=O) groups is 1. The van der Waals surface area contributed by atoms with E-state index in [-0.39, 0.29) is 18.2 Å². The number of nitrogens with zero attached hydrogens (tertiary/aromatic N) is 4. The van der Waals surface area contributed by atoms with E-state index >= 15 is 0 Å². The van der Waals surface area contributed by atoms with E-state index in [1.54, 1.807) is 11.3 Å². The first-order chi connectivity index (χ1) is 17.3. The summed E-state index contributed by atoms with van der Waals surface area (Å²) in [6, 6.07) is 12.5. The quantitative estimate of drug-likeness (QED) is 0.475. The van der Waals surface area contributed by atoms with Gasteiger partial charge in [0.05, 0.1) is 17.8 Å². The highest BCUT2D eigenvalue weighted by Crippen LogP contribution is 2.40. The number of amides is 2. The molecule has 0 bridgehead atoms. The number of benzene rings is 2. The van der Waals surface area contributed by atoms with E-state index in [4.69, 9.17) is 10.5 Å². The zero-order chi connectivity index (χ0) is 25.4. The number of hydrogen-bond acceptors (Lipinski definition) is 7. The number of rotatable bonds is 6. The number of fused-ring (bicyclic) bond motifs is 1. The van der Waals surface area contributed by atoms with Crippen LogP contribution < -0.4 is 15.8 Å². The summed E-state index contributed by atoms with van der Waals surface area (Å²) in [6.45, 7) is 5.54. The van der Waals surface area contributed by atoms with Crippen molar-refractivity contribution in [2.75, 3.05) is 32.9 Å². The molecule has 2 aromatic carbocycles. The highest BCUT2D eigenvalue weighted by atomic mass is 32.1. The van der Waals surface area contributed by atoms with E-state index in [0.29, 0.717) is 17.5 Å². The largest absolute Gasteiger partial charge is 0.489 e. The van der Waals surface area contributed by atoms with Crippen molar-refractivity contribution in [3.8, 4) is 26.9 Å². The molecule has 0 unspecified atom stereocenters. The number of nitrogen functional groups attached to an aromatic ring is 1. The summed E-state index contributed by atoms with van der Waals surface area (Å²) in [7, 11) is 4.15. The molecule has 0 spiro atoms. The predicted octanol–water partition coefficient (Wildman–Crippen LogP) is 4.57. The molecule has 1 saturated heterocycles. The van der Waals surface area contributed by atoms with Crippen LogP contribution in [-0.4, -0.2) is 65.4 Å². The third-order valence-electron chi connectivity index (χ3n) is 7.02. The van der Waals surface area contributed by atoms with Gasteiger partial charge in [0.15, 0.2) is 0 Å². The number of nitrogens with two attached hydrogens (primary N) is 1.